The Labute approximate surface area is 136 Å². The fourth-order valence-corrected chi connectivity index (χ4v) is 2.35. The summed E-state index contributed by atoms with van der Waals surface area (Å²) in [4.78, 5) is 30.2. The van der Waals surface area contributed by atoms with E-state index in [1.165, 1.54) is 6.08 Å². The molecule has 24 heavy (non-hydrogen) atoms. The molecule has 0 saturated heterocycles. The van der Waals surface area contributed by atoms with E-state index in [2.05, 4.69) is 9.98 Å². The summed E-state index contributed by atoms with van der Waals surface area (Å²) >= 11 is 0. The Morgan fingerprint density at radius 3 is 2.88 bits per heavy atom. The van der Waals surface area contributed by atoms with Gasteiger partial charge >= 0.3 is 5.69 Å². The topological polar surface area (TPSA) is 117 Å². The fraction of sp³-hybridized carbons (Fsp3) is 0.188. The van der Waals surface area contributed by atoms with Crippen molar-refractivity contribution in [2.75, 3.05) is 13.2 Å². The molecular weight excluding hydrogens is 314 g/mol. The minimum atomic E-state index is -0.793. The molecule has 2 heterocycles. The van der Waals surface area contributed by atoms with Crippen molar-refractivity contribution in [1.82, 2.24) is 9.55 Å². The van der Waals surface area contributed by atoms with Gasteiger partial charge in [-0.2, -0.15) is 0 Å². The number of aromatic amines is 1. The first-order valence-corrected chi connectivity index (χ1v) is 7.21. The molecule has 0 radical (unpaired) electrons. The van der Waals surface area contributed by atoms with Gasteiger partial charge < -0.3 is 14.9 Å². The molecule has 8 nitrogen and oxygen atoms in total. The number of aliphatic hydroxyl groups is 1. The number of hydrogen-bond donors (Lipinski definition) is 3. The molecule has 1 aromatic carbocycles. The molecule has 0 unspecified atom stereocenters. The number of fused-ring (bicyclic) bond motifs is 1. The number of para-hydroxylation sites is 1. The molecule has 0 fully saturated rings. The lowest BCUT2D eigenvalue weighted by Gasteiger charge is -2.10. The average molecular weight is 329 g/mol. The number of aromatic hydroxyl groups is 1. The summed E-state index contributed by atoms with van der Waals surface area (Å²) in [6.07, 6.45) is 3.05. The van der Waals surface area contributed by atoms with Crippen LogP contribution in [0.1, 0.15) is 11.1 Å². The van der Waals surface area contributed by atoms with Crippen LogP contribution in [0.5, 0.6) is 5.88 Å². The van der Waals surface area contributed by atoms with Crippen LogP contribution in [0, 0.1) is 0 Å². The van der Waals surface area contributed by atoms with Gasteiger partial charge in [-0.1, -0.05) is 18.2 Å². The van der Waals surface area contributed by atoms with Gasteiger partial charge in [0.1, 0.15) is 12.3 Å². The molecular formula is C16H15N3O5. The van der Waals surface area contributed by atoms with Gasteiger partial charge in [-0.05, 0) is 12.1 Å². The molecule has 0 bridgehead atoms. The first-order valence-electron chi connectivity index (χ1n) is 7.21. The zero-order valence-corrected chi connectivity index (χ0v) is 12.6. The van der Waals surface area contributed by atoms with Crippen LogP contribution in [-0.4, -0.2) is 39.2 Å². The Morgan fingerprint density at radius 2 is 2.08 bits per heavy atom. The van der Waals surface area contributed by atoms with E-state index in [4.69, 9.17) is 9.84 Å². The van der Waals surface area contributed by atoms with E-state index in [1.807, 2.05) is 24.3 Å². The molecule has 1 aliphatic rings. The van der Waals surface area contributed by atoms with Crippen molar-refractivity contribution in [3.8, 4) is 5.88 Å². The molecule has 3 N–H and O–H groups in total. The van der Waals surface area contributed by atoms with Gasteiger partial charge in [0, 0.05) is 17.4 Å². The van der Waals surface area contributed by atoms with Gasteiger partial charge in [-0.15, -0.1) is 0 Å². The van der Waals surface area contributed by atoms with E-state index in [1.54, 1.807) is 6.21 Å². The quantitative estimate of drug-likeness (QED) is 0.689. The van der Waals surface area contributed by atoms with Crippen molar-refractivity contribution in [3.05, 3.63) is 56.2 Å². The number of H-pyrrole nitrogens is 1. The lowest BCUT2D eigenvalue weighted by atomic mass is 10.1. The van der Waals surface area contributed by atoms with Crippen LogP contribution in [0.25, 0.3) is 11.6 Å². The molecule has 0 spiro atoms. The Kier molecular flexibility index (Phi) is 4.41. The minimum absolute atomic E-state index is 0.00145. The minimum Gasteiger partial charge on any atom is -0.494 e. The number of ether oxygens (including phenoxy) is 1. The maximum atomic E-state index is 12.0. The number of benzene rings is 1. The number of hydrogen-bond acceptors (Lipinski definition) is 6. The van der Waals surface area contributed by atoms with Crippen LogP contribution in [-0.2, 0) is 11.5 Å². The lowest BCUT2D eigenvalue weighted by Crippen LogP contribution is -2.32. The second kappa shape index (κ2) is 6.65. The maximum absolute atomic E-state index is 12.0. The maximum Gasteiger partial charge on any atom is 0.333 e. The molecule has 0 amide bonds. The summed E-state index contributed by atoms with van der Waals surface area (Å²) in [5.74, 6) is -0.507. The van der Waals surface area contributed by atoms with Gasteiger partial charge in [0.25, 0.3) is 5.56 Å². The van der Waals surface area contributed by atoms with Crippen molar-refractivity contribution in [1.29, 1.82) is 0 Å². The lowest BCUT2D eigenvalue weighted by molar-refractivity contribution is 0.0416. The molecule has 0 atom stereocenters. The largest absolute Gasteiger partial charge is 0.494 e. The Bertz CT molecular complexity index is 939. The number of aliphatic imine (C=N–C) groups is 1. The summed E-state index contributed by atoms with van der Waals surface area (Å²) in [7, 11) is 0. The van der Waals surface area contributed by atoms with Crippen LogP contribution < -0.4 is 11.2 Å². The Morgan fingerprint density at radius 1 is 1.29 bits per heavy atom. The molecule has 0 saturated carbocycles. The predicted octanol–water partition coefficient (Wildman–Crippen LogP) is 0.465. The highest BCUT2D eigenvalue weighted by Crippen LogP contribution is 2.32. The number of rotatable bonds is 5. The predicted molar refractivity (Wildman–Crippen MR) is 88.5 cm³/mol. The smallest absolute Gasteiger partial charge is 0.333 e. The molecule has 0 aliphatic carbocycles. The normalized spacial score (nSPS) is 14.3. The molecule has 124 valence electrons. The van der Waals surface area contributed by atoms with Gasteiger partial charge in [0.2, 0.25) is 5.88 Å². The van der Waals surface area contributed by atoms with Crippen molar-refractivity contribution < 1.29 is 14.9 Å². The molecule has 3 rings (SSSR count). The van der Waals surface area contributed by atoms with Crippen molar-refractivity contribution >= 4 is 23.6 Å². The number of aromatic nitrogens is 2. The third-order valence-corrected chi connectivity index (χ3v) is 3.52. The van der Waals surface area contributed by atoms with Crippen molar-refractivity contribution in [3.63, 3.8) is 0 Å². The first-order chi connectivity index (χ1) is 11.6. The highest BCUT2D eigenvalue weighted by atomic mass is 16.5. The van der Waals surface area contributed by atoms with Crippen LogP contribution in [0.4, 0.5) is 5.69 Å². The van der Waals surface area contributed by atoms with Gasteiger partial charge in [0.15, 0.2) is 0 Å². The molecule has 2 aromatic rings. The standard InChI is InChI=1S/C16H15N3O5/c20-5-6-24-9-19-15(22)12(14(21)18-16(19)23)7-10-8-17-13-4-2-1-3-11(10)13/h1-4,7-8,20,22H,5-6,9H2,(H,18,21,23)/b10-7+. The summed E-state index contributed by atoms with van der Waals surface area (Å²) < 4.78 is 5.91. The monoisotopic (exact) mass is 329 g/mol. The molecule has 1 aliphatic heterocycles. The molecule has 8 heteroatoms. The van der Waals surface area contributed by atoms with Crippen LogP contribution in [0.3, 0.4) is 0 Å². The third kappa shape index (κ3) is 2.92. The Balaban J connectivity index is 2.05. The summed E-state index contributed by atoms with van der Waals surface area (Å²) in [6, 6.07) is 7.37. The molecule has 1 aromatic heterocycles. The number of nitrogens with one attached hydrogen (secondary N) is 1. The average Bonchev–Trinajstić information content (AvgIpc) is 2.98. The first kappa shape index (κ1) is 15.9. The van der Waals surface area contributed by atoms with E-state index in [0.29, 0.717) is 5.57 Å². The van der Waals surface area contributed by atoms with E-state index >= 15 is 0 Å². The second-order valence-corrected chi connectivity index (χ2v) is 5.06. The summed E-state index contributed by atoms with van der Waals surface area (Å²) in [5, 5.41) is 19.0. The number of aliphatic hydroxyl groups excluding tert-OH is 1. The summed E-state index contributed by atoms with van der Waals surface area (Å²) in [5.41, 5.74) is 0.664. The van der Waals surface area contributed by atoms with E-state index < -0.39 is 17.1 Å². The highest BCUT2D eigenvalue weighted by molar-refractivity contribution is 6.21. The second-order valence-electron chi connectivity index (χ2n) is 5.06. The van der Waals surface area contributed by atoms with Crippen LogP contribution >= 0.6 is 0 Å². The summed E-state index contributed by atoms with van der Waals surface area (Å²) in [6.45, 7) is -0.507. The van der Waals surface area contributed by atoms with Crippen LogP contribution in [0.15, 0.2) is 38.8 Å². The van der Waals surface area contributed by atoms with E-state index in [9.17, 15) is 14.7 Å². The fourth-order valence-electron chi connectivity index (χ4n) is 2.35. The van der Waals surface area contributed by atoms with Gasteiger partial charge in [-0.3, -0.25) is 14.8 Å². The van der Waals surface area contributed by atoms with Gasteiger partial charge in [-0.25, -0.2) is 9.36 Å². The van der Waals surface area contributed by atoms with Crippen molar-refractivity contribution in [2.24, 2.45) is 4.99 Å². The van der Waals surface area contributed by atoms with E-state index in [0.717, 1.165) is 15.8 Å². The highest BCUT2D eigenvalue weighted by Gasteiger charge is 2.16. The Hall–Kier alpha value is -2.97. The third-order valence-electron chi connectivity index (χ3n) is 3.52. The van der Waals surface area contributed by atoms with Crippen molar-refractivity contribution in [2.45, 2.75) is 6.73 Å². The SMILES string of the molecule is O=c1[nH]c(=O)n(COCCO)c(O)c1/C=C1\C=Nc2ccccc21. The van der Waals surface area contributed by atoms with E-state index in [-0.39, 0.29) is 25.5 Å². The zero-order valence-electron chi connectivity index (χ0n) is 12.6. The number of nitrogens with zero attached hydrogens (tertiary/aromatic N) is 2. The van der Waals surface area contributed by atoms with Gasteiger partial charge in [0.05, 0.1) is 18.9 Å². The number of allylic oxidation sites excluding steroid dienone is 1. The van der Waals surface area contributed by atoms with Crippen LogP contribution in [0.2, 0.25) is 0 Å². The zero-order chi connectivity index (χ0) is 17.1.